The zero-order chi connectivity index (χ0) is 9.42. The third-order valence-corrected chi connectivity index (χ3v) is 1.78. The number of rotatable bonds is 1. The number of hydrogen-bond donors (Lipinski definition) is 1. The molecule has 5 heteroatoms. The van der Waals surface area contributed by atoms with E-state index < -0.39 is 11.7 Å². The average molecular weight is 216 g/mol. The molecule has 14 heavy (non-hydrogen) atoms. The van der Waals surface area contributed by atoms with Crippen molar-refractivity contribution < 1.29 is 13.6 Å². The van der Waals surface area contributed by atoms with Gasteiger partial charge in [0.15, 0.2) is 0 Å². The molecule has 1 aromatic carbocycles. The van der Waals surface area contributed by atoms with E-state index in [1.54, 1.807) is 6.07 Å². The first-order valence-electron chi connectivity index (χ1n) is 3.65. The van der Waals surface area contributed by atoms with Crippen molar-refractivity contribution in [3.63, 3.8) is 0 Å². The highest BCUT2D eigenvalue weighted by molar-refractivity contribution is 6.04. The van der Waals surface area contributed by atoms with Gasteiger partial charge in [-0.2, -0.15) is 0 Å². The molecule has 0 saturated carbocycles. The summed E-state index contributed by atoms with van der Waals surface area (Å²) < 4.78 is 17.9. The Morgan fingerprint density at radius 2 is 2.14 bits per heavy atom. The van der Waals surface area contributed by atoms with Crippen LogP contribution in [0.1, 0.15) is 10.4 Å². The van der Waals surface area contributed by atoms with Crippen LogP contribution in [0.5, 0.6) is 0 Å². The predicted octanol–water partition coefficient (Wildman–Crippen LogP) is 2.09. The number of hydrogen-bond acceptors (Lipinski definition) is 2. The van der Waals surface area contributed by atoms with Crippen molar-refractivity contribution in [2.45, 2.75) is 0 Å². The summed E-state index contributed by atoms with van der Waals surface area (Å²) in [5.41, 5.74) is 5.44. The van der Waals surface area contributed by atoms with Crippen molar-refractivity contribution in [3.05, 3.63) is 35.8 Å². The lowest BCUT2D eigenvalue weighted by Gasteiger charge is -1.96. The predicted molar refractivity (Wildman–Crippen MR) is 51.9 cm³/mol. The van der Waals surface area contributed by atoms with Gasteiger partial charge in [-0.3, -0.25) is 4.79 Å². The van der Waals surface area contributed by atoms with E-state index in [4.69, 9.17) is 10.2 Å². The number of carbonyl (C=O) groups excluding carboxylic acids is 1. The summed E-state index contributed by atoms with van der Waals surface area (Å²) in [5, 5.41) is 0.536. The summed E-state index contributed by atoms with van der Waals surface area (Å²) in [6.07, 6.45) is 1.39. The molecule has 0 aliphatic rings. The first kappa shape index (κ1) is 10.5. The van der Waals surface area contributed by atoms with Crippen LogP contribution in [0, 0.1) is 5.82 Å². The molecule has 2 N–H and O–H groups in total. The second-order valence-electron chi connectivity index (χ2n) is 2.66. The van der Waals surface area contributed by atoms with Gasteiger partial charge in [-0.15, -0.1) is 12.4 Å². The number of carbonyl (C=O) groups is 1. The Bertz CT molecular complexity index is 481. The minimum atomic E-state index is -0.695. The zero-order valence-electron chi connectivity index (χ0n) is 6.99. The van der Waals surface area contributed by atoms with Gasteiger partial charge in [0.2, 0.25) is 0 Å². The SMILES string of the molecule is Cl.NC(=O)c1cc(F)cc2ccoc12. The standard InChI is InChI=1S/C9H6FNO2.ClH/c10-6-3-5-1-2-13-8(5)7(4-6)9(11)12;/h1-4H,(H2,11,12);1H. The van der Waals surface area contributed by atoms with E-state index >= 15 is 0 Å². The molecule has 1 aromatic heterocycles. The van der Waals surface area contributed by atoms with Crippen LogP contribution in [-0.2, 0) is 0 Å². The molecule has 1 amide bonds. The summed E-state index contributed by atoms with van der Waals surface area (Å²) >= 11 is 0. The van der Waals surface area contributed by atoms with Crippen LogP contribution in [0.4, 0.5) is 4.39 Å². The van der Waals surface area contributed by atoms with Crippen LogP contribution in [0.2, 0.25) is 0 Å². The van der Waals surface area contributed by atoms with E-state index in [0.29, 0.717) is 11.0 Å². The fraction of sp³-hybridized carbons (Fsp3) is 0. The second kappa shape index (κ2) is 3.67. The lowest BCUT2D eigenvalue weighted by molar-refractivity contribution is 0.100. The molecule has 0 aliphatic heterocycles. The smallest absolute Gasteiger partial charge is 0.252 e. The van der Waals surface area contributed by atoms with E-state index in [-0.39, 0.29) is 18.0 Å². The van der Waals surface area contributed by atoms with E-state index in [2.05, 4.69) is 0 Å². The maximum Gasteiger partial charge on any atom is 0.252 e. The molecule has 0 bridgehead atoms. The van der Waals surface area contributed by atoms with Crippen LogP contribution in [0.15, 0.2) is 28.9 Å². The van der Waals surface area contributed by atoms with Gasteiger partial charge in [0, 0.05) is 5.39 Å². The van der Waals surface area contributed by atoms with Crippen LogP contribution in [0.25, 0.3) is 11.0 Å². The third-order valence-electron chi connectivity index (χ3n) is 1.78. The first-order chi connectivity index (χ1) is 6.18. The summed E-state index contributed by atoms with van der Waals surface area (Å²) in [6, 6.07) is 3.92. The molecule has 2 aromatic rings. The van der Waals surface area contributed by atoms with Gasteiger partial charge in [-0.05, 0) is 18.2 Å². The van der Waals surface area contributed by atoms with Crippen molar-refractivity contribution in [2.24, 2.45) is 5.73 Å². The highest BCUT2D eigenvalue weighted by atomic mass is 35.5. The number of nitrogens with two attached hydrogens (primary N) is 1. The molecule has 0 atom stereocenters. The van der Waals surface area contributed by atoms with E-state index in [1.165, 1.54) is 12.3 Å². The van der Waals surface area contributed by atoms with Gasteiger partial charge in [0.25, 0.3) is 5.91 Å². The summed E-state index contributed by atoms with van der Waals surface area (Å²) in [5.74, 6) is -1.19. The van der Waals surface area contributed by atoms with E-state index in [0.717, 1.165) is 6.07 Å². The van der Waals surface area contributed by atoms with Gasteiger partial charge in [0.05, 0.1) is 11.8 Å². The van der Waals surface area contributed by atoms with Crippen LogP contribution in [0.3, 0.4) is 0 Å². The molecule has 1 heterocycles. The maximum absolute atomic E-state index is 12.9. The maximum atomic E-state index is 12.9. The summed E-state index contributed by atoms with van der Waals surface area (Å²) in [4.78, 5) is 10.9. The van der Waals surface area contributed by atoms with Gasteiger partial charge in [0.1, 0.15) is 11.4 Å². The Balaban J connectivity index is 0.000000980. The molecule has 0 saturated heterocycles. The van der Waals surface area contributed by atoms with Gasteiger partial charge >= 0.3 is 0 Å². The molecule has 2 rings (SSSR count). The summed E-state index contributed by atoms with van der Waals surface area (Å²) in [6.45, 7) is 0. The van der Waals surface area contributed by atoms with Crippen molar-refractivity contribution in [3.8, 4) is 0 Å². The Kier molecular flexibility index (Phi) is 2.76. The molecule has 74 valence electrons. The quantitative estimate of drug-likeness (QED) is 0.792. The number of primary amides is 1. The minimum Gasteiger partial charge on any atom is -0.464 e. The molecule has 0 aliphatic carbocycles. The summed E-state index contributed by atoms with van der Waals surface area (Å²) in [7, 11) is 0. The van der Waals surface area contributed by atoms with Gasteiger partial charge < -0.3 is 10.2 Å². The van der Waals surface area contributed by atoms with Crippen LogP contribution < -0.4 is 5.73 Å². The van der Waals surface area contributed by atoms with Crippen molar-refractivity contribution in [1.82, 2.24) is 0 Å². The van der Waals surface area contributed by atoms with Gasteiger partial charge in [-0.25, -0.2) is 4.39 Å². The fourth-order valence-electron chi connectivity index (χ4n) is 1.23. The Morgan fingerprint density at radius 3 is 2.79 bits per heavy atom. The number of amides is 1. The minimum absolute atomic E-state index is 0. The monoisotopic (exact) mass is 215 g/mol. The molecule has 0 fully saturated rings. The highest BCUT2D eigenvalue weighted by Crippen LogP contribution is 2.21. The van der Waals surface area contributed by atoms with Gasteiger partial charge in [-0.1, -0.05) is 0 Å². The van der Waals surface area contributed by atoms with Crippen molar-refractivity contribution in [2.75, 3.05) is 0 Å². The number of fused-ring (bicyclic) bond motifs is 1. The number of benzene rings is 1. The molecular weight excluding hydrogens is 209 g/mol. The topological polar surface area (TPSA) is 56.2 Å². The molecule has 0 spiro atoms. The molecule has 0 radical (unpaired) electrons. The Morgan fingerprint density at radius 1 is 1.43 bits per heavy atom. The normalized spacial score (nSPS) is 9.79. The lowest BCUT2D eigenvalue weighted by atomic mass is 10.1. The van der Waals surface area contributed by atoms with E-state index in [1.807, 2.05) is 0 Å². The molecular formula is C9H7ClFNO2. The van der Waals surface area contributed by atoms with Crippen molar-refractivity contribution in [1.29, 1.82) is 0 Å². The van der Waals surface area contributed by atoms with E-state index in [9.17, 15) is 9.18 Å². The highest BCUT2D eigenvalue weighted by Gasteiger charge is 2.11. The average Bonchev–Trinajstić information content (AvgIpc) is 2.49. The Labute approximate surface area is 85.1 Å². The largest absolute Gasteiger partial charge is 0.464 e. The second-order valence-corrected chi connectivity index (χ2v) is 2.66. The van der Waals surface area contributed by atoms with Crippen LogP contribution >= 0.6 is 12.4 Å². The van der Waals surface area contributed by atoms with Crippen LogP contribution in [-0.4, -0.2) is 5.91 Å². The zero-order valence-corrected chi connectivity index (χ0v) is 7.81. The number of halogens is 2. The fourth-order valence-corrected chi connectivity index (χ4v) is 1.23. The molecule has 3 nitrogen and oxygen atoms in total. The Hall–Kier alpha value is -1.55. The lowest BCUT2D eigenvalue weighted by Crippen LogP contribution is -2.11. The number of furan rings is 1. The molecule has 0 unspecified atom stereocenters. The van der Waals surface area contributed by atoms with Crippen molar-refractivity contribution >= 4 is 29.3 Å². The third kappa shape index (κ3) is 1.56. The first-order valence-corrected chi connectivity index (χ1v) is 3.65.